The smallest absolute Gasteiger partial charge is 0.228 e. The number of hydrogen-bond acceptors (Lipinski definition) is 2. The SMILES string of the molecule is CC12CC3CC(C)(C1)CC(C(=O)N1CCC(CN)CC1)(C3)C2. The van der Waals surface area contributed by atoms with Crippen molar-refractivity contribution in [1.29, 1.82) is 0 Å². The molecule has 2 unspecified atom stereocenters. The predicted molar refractivity (Wildman–Crippen MR) is 88.2 cm³/mol. The zero-order chi connectivity index (χ0) is 15.6. The summed E-state index contributed by atoms with van der Waals surface area (Å²) in [6, 6.07) is 0. The predicted octanol–water partition coefficient (Wildman–Crippen LogP) is 3.18. The van der Waals surface area contributed by atoms with Gasteiger partial charge in [-0.3, -0.25) is 4.79 Å². The fraction of sp³-hybridized carbons (Fsp3) is 0.947. The number of carbonyl (C=O) groups is 1. The molecule has 1 aliphatic heterocycles. The molecule has 0 aromatic heterocycles. The van der Waals surface area contributed by atoms with Crippen LogP contribution in [0, 0.1) is 28.1 Å². The second-order valence-electron chi connectivity index (χ2n) is 9.88. The summed E-state index contributed by atoms with van der Waals surface area (Å²) in [5, 5.41) is 0. The number of likely N-dealkylation sites (tertiary alicyclic amines) is 1. The minimum atomic E-state index is -0.0154. The van der Waals surface area contributed by atoms with Crippen LogP contribution in [0.5, 0.6) is 0 Å². The Morgan fingerprint density at radius 3 is 2.14 bits per heavy atom. The molecule has 3 heteroatoms. The van der Waals surface area contributed by atoms with Gasteiger partial charge in [-0.1, -0.05) is 13.8 Å². The van der Waals surface area contributed by atoms with Gasteiger partial charge >= 0.3 is 0 Å². The largest absolute Gasteiger partial charge is 0.342 e. The lowest BCUT2D eigenvalue weighted by Gasteiger charge is -2.65. The second kappa shape index (κ2) is 4.72. The van der Waals surface area contributed by atoms with Crippen molar-refractivity contribution >= 4 is 5.91 Å². The maximum Gasteiger partial charge on any atom is 0.228 e. The molecular weight excluding hydrogens is 272 g/mol. The van der Waals surface area contributed by atoms with Crippen LogP contribution in [0.25, 0.3) is 0 Å². The molecule has 3 nitrogen and oxygen atoms in total. The third-order valence-electron chi connectivity index (χ3n) is 7.31. The molecule has 1 heterocycles. The lowest BCUT2D eigenvalue weighted by atomic mass is 9.40. The van der Waals surface area contributed by atoms with E-state index in [9.17, 15) is 4.79 Å². The Bertz CT molecular complexity index is 462. The molecule has 0 spiro atoms. The highest BCUT2D eigenvalue weighted by molar-refractivity contribution is 5.83. The third kappa shape index (κ3) is 2.23. The summed E-state index contributed by atoms with van der Waals surface area (Å²) in [6.45, 7) is 7.59. The van der Waals surface area contributed by atoms with Crippen LogP contribution in [0.1, 0.15) is 65.2 Å². The Hall–Kier alpha value is -0.570. The van der Waals surface area contributed by atoms with E-state index in [-0.39, 0.29) is 5.41 Å². The molecule has 22 heavy (non-hydrogen) atoms. The fourth-order valence-electron chi connectivity index (χ4n) is 7.39. The molecule has 0 aromatic rings. The maximum absolute atomic E-state index is 13.4. The zero-order valence-electron chi connectivity index (χ0n) is 14.4. The second-order valence-corrected chi connectivity index (χ2v) is 9.88. The van der Waals surface area contributed by atoms with Crippen LogP contribution in [0.3, 0.4) is 0 Å². The van der Waals surface area contributed by atoms with Crippen molar-refractivity contribution in [2.75, 3.05) is 19.6 Å². The summed E-state index contributed by atoms with van der Waals surface area (Å²) < 4.78 is 0. The van der Waals surface area contributed by atoms with Crippen LogP contribution in [0.2, 0.25) is 0 Å². The molecule has 5 fully saturated rings. The van der Waals surface area contributed by atoms with Gasteiger partial charge in [-0.05, 0) is 80.6 Å². The third-order valence-corrected chi connectivity index (χ3v) is 7.31. The van der Waals surface area contributed by atoms with Crippen LogP contribution in [-0.2, 0) is 4.79 Å². The highest BCUT2D eigenvalue weighted by Crippen LogP contribution is 2.69. The molecule has 4 bridgehead atoms. The highest BCUT2D eigenvalue weighted by Gasteiger charge is 2.63. The van der Waals surface area contributed by atoms with Crippen molar-refractivity contribution in [3.63, 3.8) is 0 Å². The quantitative estimate of drug-likeness (QED) is 0.851. The van der Waals surface area contributed by atoms with Crippen LogP contribution in [-0.4, -0.2) is 30.4 Å². The van der Waals surface area contributed by atoms with Gasteiger partial charge in [-0.2, -0.15) is 0 Å². The Kier molecular flexibility index (Phi) is 3.21. The van der Waals surface area contributed by atoms with Crippen molar-refractivity contribution < 1.29 is 4.79 Å². The van der Waals surface area contributed by atoms with E-state index in [1.165, 1.54) is 25.7 Å². The molecule has 4 saturated carbocycles. The van der Waals surface area contributed by atoms with E-state index in [4.69, 9.17) is 5.73 Å². The van der Waals surface area contributed by atoms with E-state index in [1.54, 1.807) is 0 Å². The lowest BCUT2D eigenvalue weighted by molar-refractivity contribution is -0.180. The molecule has 1 saturated heterocycles. The Labute approximate surface area is 135 Å². The minimum absolute atomic E-state index is 0.0154. The number of piperidine rings is 1. The van der Waals surface area contributed by atoms with Crippen LogP contribution < -0.4 is 5.73 Å². The Morgan fingerprint density at radius 1 is 1.05 bits per heavy atom. The zero-order valence-corrected chi connectivity index (χ0v) is 14.4. The maximum atomic E-state index is 13.4. The summed E-state index contributed by atoms with van der Waals surface area (Å²) in [5.74, 6) is 1.94. The average Bonchev–Trinajstić information content (AvgIpc) is 2.43. The summed E-state index contributed by atoms with van der Waals surface area (Å²) in [6.07, 6.45) is 9.78. The molecule has 0 aromatic carbocycles. The summed E-state index contributed by atoms with van der Waals surface area (Å²) in [4.78, 5) is 15.6. The average molecular weight is 304 g/mol. The van der Waals surface area contributed by atoms with Gasteiger partial charge in [-0.25, -0.2) is 0 Å². The molecule has 2 atom stereocenters. The van der Waals surface area contributed by atoms with Gasteiger partial charge in [0.1, 0.15) is 0 Å². The molecule has 2 N–H and O–H groups in total. The number of hydrogen-bond donors (Lipinski definition) is 1. The lowest BCUT2D eigenvalue weighted by Crippen LogP contribution is -2.61. The van der Waals surface area contributed by atoms with E-state index in [0.29, 0.717) is 22.7 Å². The van der Waals surface area contributed by atoms with Gasteiger partial charge in [0.2, 0.25) is 5.91 Å². The number of carbonyl (C=O) groups excluding carboxylic acids is 1. The van der Waals surface area contributed by atoms with Gasteiger partial charge < -0.3 is 10.6 Å². The van der Waals surface area contributed by atoms with E-state index in [2.05, 4.69) is 18.7 Å². The Balaban J connectivity index is 1.55. The fourth-order valence-corrected chi connectivity index (χ4v) is 7.39. The van der Waals surface area contributed by atoms with Gasteiger partial charge in [0, 0.05) is 13.1 Å². The number of nitrogens with zero attached hydrogens (tertiary/aromatic N) is 1. The topological polar surface area (TPSA) is 46.3 Å². The number of amides is 1. The molecule has 5 aliphatic rings. The van der Waals surface area contributed by atoms with Crippen LogP contribution in [0.4, 0.5) is 0 Å². The molecule has 1 amide bonds. The van der Waals surface area contributed by atoms with Gasteiger partial charge in [0.05, 0.1) is 5.41 Å². The first-order valence-corrected chi connectivity index (χ1v) is 9.35. The summed E-state index contributed by atoms with van der Waals surface area (Å²) >= 11 is 0. The number of nitrogens with two attached hydrogens (primary N) is 1. The summed E-state index contributed by atoms with van der Waals surface area (Å²) in [7, 11) is 0. The summed E-state index contributed by atoms with van der Waals surface area (Å²) in [5.41, 5.74) is 6.65. The minimum Gasteiger partial charge on any atom is -0.342 e. The van der Waals surface area contributed by atoms with E-state index >= 15 is 0 Å². The van der Waals surface area contributed by atoms with Gasteiger partial charge in [-0.15, -0.1) is 0 Å². The van der Waals surface area contributed by atoms with Crippen molar-refractivity contribution in [1.82, 2.24) is 4.90 Å². The van der Waals surface area contributed by atoms with E-state index in [1.807, 2.05) is 0 Å². The van der Waals surface area contributed by atoms with E-state index < -0.39 is 0 Å². The normalized spacial score (nSPS) is 48.0. The Morgan fingerprint density at radius 2 is 1.64 bits per heavy atom. The first kappa shape index (κ1) is 15.0. The molecule has 0 radical (unpaired) electrons. The monoisotopic (exact) mass is 304 g/mol. The standard InChI is InChI=1S/C19H32N2O/c1-17-7-15-8-18(2,11-17)13-19(9-15,12-17)16(22)21-5-3-14(10-20)4-6-21/h14-15H,3-13,20H2,1-2H3. The van der Waals surface area contributed by atoms with Crippen molar-refractivity contribution in [2.45, 2.75) is 65.2 Å². The molecular formula is C19H32N2O. The number of rotatable bonds is 2. The first-order chi connectivity index (χ1) is 10.4. The molecule has 124 valence electrons. The van der Waals surface area contributed by atoms with Crippen molar-refractivity contribution in [3.8, 4) is 0 Å². The van der Waals surface area contributed by atoms with Crippen molar-refractivity contribution in [2.24, 2.45) is 33.8 Å². The van der Waals surface area contributed by atoms with Gasteiger partial charge in [0.15, 0.2) is 0 Å². The molecule has 5 rings (SSSR count). The molecule has 4 aliphatic carbocycles. The highest BCUT2D eigenvalue weighted by atomic mass is 16.2. The van der Waals surface area contributed by atoms with Crippen LogP contribution in [0.15, 0.2) is 0 Å². The van der Waals surface area contributed by atoms with Crippen LogP contribution >= 0.6 is 0 Å². The first-order valence-electron chi connectivity index (χ1n) is 9.35. The van der Waals surface area contributed by atoms with E-state index in [0.717, 1.165) is 51.2 Å². The van der Waals surface area contributed by atoms with Gasteiger partial charge in [0.25, 0.3) is 0 Å². The van der Waals surface area contributed by atoms with Crippen molar-refractivity contribution in [3.05, 3.63) is 0 Å².